The van der Waals surface area contributed by atoms with Crippen molar-refractivity contribution in [3.8, 4) is 11.5 Å². The third kappa shape index (κ3) is 3.08. The molecule has 0 atom stereocenters. The predicted molar refractivity (Wildman–Crippen MR) is 100 cm³/mol. The molecule has 3 aromatic rings. The van der Waals surface area contributed by atoms with Gasteiger partial charge in [0.1, 0.15) is 0 Å². The third-order valence-corrected chi connectivity index (χ3v) is 4.85. The summed E-state index contributed by atoms with van der Waals surface area (Å²) in [6.45, 7) is 0. The Morgan fingerprint density at radius 2 is 1.42 bits per heavy atom. The minimum absolute atomic E-state index is 0.590. The van der Waals surface area contributed by atoms with E-state index in [2.05, 4.69) is 23.5 Å². The van der Waals surface area contributed by atoms with Gasteiger partial charge in [0.25, 0.3) is 0 Å². The van der Waals surface area contributed by atoms with Crippen LogP contribution in [0.2, 0.25) is 10.0 Å². The maximum atomic E-state index is 6.08. The van der Waals surface area contributed by atoms with E-state index in [1.54, 1.807) is 0 Å². The molecule has 4 heteroatoms. The molecule has 0 saturated carbocycles. The monoisotopic (exact) mass is 355 g/mol. The summed E-state index contributed by atoms with van der Waals surface area (Å²) in [5.74, 6) is 1.71. The standard InChI is InChI=1S/C20H15Cl2NO/c21-15-9-7-13(11-16(15)22)5-6-14-8-10-18-20(12-14)24-19-4-2-1-3-17(19)23-18/h1-4,7-12,23H,5-6H2. The fourth-order valence-electron chi connectivity index (χ4n) is 2.82. The number of anilines is 2. The molecular weight excluding hydrogens is 341 g/mol. The molecule has 0 aliphatic carbocycles. The minimum atomic E-state index is 0.590. The van der Waals surface area contributed by atoms with Crippen LogP contribution in [0, 0.1) is 0 Å². The topological polar surface area (TPSA) is 21.3 Å². The fraction of sp³-hybridized carbons (Fsp3) is 0.100. The summed E-state index contributed by atoms with van der Waals surface area (Å²) in [5.41, 5.74) is 4.38. The lowest BCUT2D eigenvalue weighted by molar-refractivity contribution is 0.480. The fourth-order valence-corrected chi connectivity index (χ4v) is 3.14. The molecule has 0 bridgehead atoms. The molecule has 0 spiro atoms. The largest absolute Gasteiger partial charge is 0.453 e. The molecule has 0 radical (unpaired) electrons. The summed E-state index contributed by atoms with van der Waals surface area (Å²) in [4.78, 5) is 0. The number of rotatable bonds is 3. The van der Waals surface area contributed by atoms with Gasteiger partial charge in [0.05, 0.1) is 21.4 Å². The van der Waals surface area contributed by atoms with E-state index < -0.39 is 0 Å². The van der Waals surface area contributed by atoms with Crippen molar-refractivity contribution in [1.82, 2.24) is 0 Å². The molecule has 0 fully saturated rings. The Hall–Kier alpha value is -2.16. The van der Waals surface area contributed by atoms with Gasteiger partial charge in [0.15, 0.2) is 11.5 Å². The number of ether oxygens (including phenoxy) is 1. The van der Waals surface area contributed by atoms with Gasteiger partial charge in [-0.2, -0.15) is 0 Å². The molecule has 0 unspecified atom stereocenters. The van der Waals surface area contributed by atoms with Crippen molar-refractivity contribution in [3.63, 3.8) is 0 Å². The second kappa shape index (κ2) is 6.39. The van der Waals surface area contributed by atoms with Crippen LogP contribution in [0.3, 0.4) is 0 Å². The zero-order valence-electron chi connectivity index (χ0n) is 12.9. The Labute approximate surface area is 151 Å². The van der Waals surface area contributed by atoms with Crippen molar-refractivity contribution in [3.05, 3.63) is 81.8 Å². The van der Waals surface area contributed by atoms with Crippen molar-refractivity contribution in [2.45, 2.75) is 12.8 Å². The van der Waals surface area contributed by atoms with Crippen molar-refractivity contribution < 1.29 is 4.74 Å². The van der Waals surface area contributed by atoms with Crippen LogP contribution in [0.25, 0.3) is 0 Å². The highest BCUT2D eigenvalue weighted by molar-refractivity contribution is 6.42. The quantitative estimate of drug-likeness (QED) is 0.445. The van der Waals surface area contributed by atoms with Crippen molar-refractivity contribution in [1.29, 1.82) is 0 Å². The number of hydrogen-bond acceptors (Lipinski definition) is 2. The van der Waals surface area contributed by atoms with Crippen molar-refractivity contribution in [2.24, 2.45) is 0 Å². The summed E-state index contributed by atoms with van der Waals surface area (Å²) in [5, 5.41) is 4.59. The molecule has 24 heavy (non-hydrogen) atoms. The first-order chi connectivity index (χ1) is 11.7. The molecular formula is C20H15Cl2NO. The smallest absolute Gasteiger partial charge is 0.151 e. The first-order valence-corrected chi connectivity index (χ1v) is 8.55. The highest BCUT2D eigenvalue weighted by Crippen LogP contribution is 2.42. The lowest BCUT2D eigenvalue weighted by atomic mass is 10.0. The average Bonchev–Trinajstić information content (AvgIpc) is 2.61. The molecule has 2 nitrogen and oxygen atoms in total. The summed E-state index contributed by atoms with van der Waals surface area (Å²) >= 11 is 12.0. The molecule has 3 aromatic carbocycles. The normalized spacial score (nSPS) is 11.9. The Kier molecular flexibility index (Phi) is 4.09. The number of hydrogen-bond donors (Lipinski definition) is 1. The van der Waals surface area contributed by atoms with Crippen LogP contribution in [0.1, 0.15) is 11.1 Å². The van der Waals surface area contributed by atoms with Gasteiger partial charge in [-0.25, -0.2) is 0 Å². The van der Waals surface area contributed by atoms with Gasteiger partial charge >= 0.3 is 0 Å². The molecule has 120 valence electrons. The molecule has 1 aliphatic rings. The van der Waals surface area contributed by atoms with E-state index in [9.17, 15) is 0 Å². The van der Waals surface area contributed by atoms with E-state index >= 15 is 0 Å². The number of aryl methyl sites for hydroxylation is 2. The Morgan fingerprint density at radius 1 is 0.708 bits per heavy atom. The molecule has 0 amide bonds. The van der Waals surface area contributed by atoms with Crippen LogP contribution in [-0.2, 0) is 12.8 Å². The molecule has 1 aliphatic heterocycles. The van der Waals surface area contributed by atoms with Gasteiger partial charge in [-0.3, -0.25) is 0 Å². The van der Waals surface area contributed by atoms with Crippen LogP contribution in [0.15, 0.2) is 60.7 Å². The highest BCUT2D eigenvalue weighted by Gasteiger charge is 2.16. The lowest BCUT2D eigenvalue weighted by Crippen LogP contribution is -2.03. The van der Waals surface area contributed by atoms with Crippen LogP contribution < -0.4 is 10.1 Å². The predicted octanol–water partition coefficient (Wildman–Crippen LogP) is 6.63. The second-order valence-electron chi connectivity index (χ2n) is 5.80. The number of halogens is 2. The number of benzene rings is 3. The number of para-hydroxylation sites is 2. The zero-order valence-corrected chi connectivity index (χ0v) is 14.4. The number of fused-ring (bicyclic) bond motifs is 2. The molecule has 0 aromatic heterocycles. The van der Waals surface area contributed by atoms with E-state index in [1.165, 1.54) is 11.1 Å². The first-order valence-electron chi connectivity index (χ1n) is 7.80. The number of nitrogens with one attached hydrogen (secondary N) is 1. The van der Waals surface area contributed by atoms with Crippen LogP contribution in [0.5, 0.6) is 11.5 Å². The minimum Gasteiger partial charge on any atom is -0.453 e. The molecule has 0 saturated heterocycles. The average molecular weight is 356 g/mol. The molecule has 1 heterocycles. The van der Waals surface area contributed by atoms with Gasteiger partial charge in [-0.15, -0.1) is 0 Å². The van der Waals surface area contributed by atoms with E-state index in [4.69, 9.17) is 27.9 Å². The maximum absolute atomic E-state index is 6.08. The summed E-state index contributed by atoms with van der Waals surface area (Å²) in [6, 6.07) is 20.0. The van der Waals surface area contributed by atoms with Crippen molar-refractivity contribution in [2.75, 3.05) is 5.32 Å². The van der Waals surface area contributed by atoms with Crippen LogP contribution in [-0.4, -0.2) is 0 Å². The van der Waals surface area contributed by atoms with Crippen LogP contribution in [0.4, 0.5) is 11.4 Å². The van der Waals surface area contributed by atoms with Gasteiger partial charge in [-0.05, 0) is 60.4 Å². The second-order valence-corrected chi connectivity index (χ2v) is 6.62. The first kappa shape index (κ1) is 15.4. The Morgan fingerprint density at radius 3 is 2.25 bits per heavy atom. The SMILES string of the molecule is Clc1ccc(CCc2ccc3c(c2)Oc2ccccc2N3)cc1Cl. The van der Waals surface area contributed by atoms with Crippen molar-refractivity contribution >= 4 is 34.6 Å². The van der Waals surface area contributed by atoms with Crippen LogP contribution >= 0.6 is 23.2 Å². The van der Waals surface area contributed by atoms with Gasteiger partial charge in [-0.1, -0.05) is 47.5 Å². The van der Waals surface area contributed by atoms with E-state index in [-0.39, 0.29) is 0 Å². The molecule has 1 N–H and O–H groups in total. The molecule has 4 rings (SSSR count). The Bertz CT molecular complexity index is 908. The Balaban J connectivity index is 1.51. The van der Waals surface area contributed by atoms with Gasteiger partial charge in [0, 0.05) is 0 Å². The summed E-state index contributed by atoms with van der Waals surface area (Å²) < 4.78 is 6.00. The lowest BCUT2D eigenvalue weighted by Gasteiger charge is -2.22. The summed E-state index contributed by atoms with van der Waals surface area (Å²) in [7, 11) is 0. The van der Waals surface area contributed by atoms with E-state index in [1.807, 2.05) is 42.5 Å². The maximum Gasteiger partial charge on any atom is 0.151 e. The summed E-state index contributed by atoms with van der Waals surface area (Å²) in [6.07, 6.45) is 1.82. The van der Waals surface area contributed by atoms with Gasteiger partial charge in [0.2, 0.25) is 0 Å². The van der Waals surface area contributed by atoms with E-state index in [0.717, 1.165) is 35.7 Å². The zero-order chi connectivity index (χ0) is 16.5. The highest BCUT2D eigenvalue weighted by atomic mass is 35.5. The van der Waals surface area contributed by atoms with Gasteiger partial charge < -0.3 is 10.1 Å². The van der Waals surface area contributed by atoms with E-state index in [0.29, 0.717) is 10.0 Å². The third-order valence-electron chi connectivity index (χ3n) is 4.11.